The number of benzene rings is 1. The van der Waals surface area contributed by atoms with Gasteiger partial charge in [0.1, 0.15) is 5.69 Å². The SMILES string of the molecule is C[N+](C)(CCCS(=O)(=O)O)c1ccc(N)cc1. The quantitative estimate of drug-likeness (QED) is 0.471. The minimum Gasteiger partial charge on any atom is -0.399 e. The fourth-order valence-electron chi connectivity index (χ4n) is 1.65. The number of nitrogen functional groups attached to an aromatic ring is 1. The largest absolute Gasteiger partial charge is 0.399 e. The third-order valence-corrected chi connectivity index (χ3v) is 3.52. The molecule has 0 aliphatic rings. The molecule has 0 unspecified atom stereocenters. The third kappa shape index (κ3) is 4.72. The summed E-state index contributed by atoms with van der Waals surface area (Å²) in [7, 11) is 0.0979. The Hall–Kier alpha value is -1.11. The molecule has 0 fully saturated rings. The fourth-order valence-corrected chi connectivity index (χ4v) is 2.14. The first kappa shape index (κ1) is 14.0. The summed E-state index contributed by atoms with van der Waals surface area (Å²) in [6.07, 6.45) is 0.413. The highest BCUT2D eigenvalue weighted by atomic mass is 32.2. The Morgan fingerprint density at radius 2 is 1.76 bits per heavy atom. The summed E-state index contributed by atoms with van der Waals surface area (Å²) < 4.78 is 30.5. The van der Waals surface area contributed by atoms with Crippen molar-refractivity contribution in [3.63, 3.8) is 0 Å². The number of quaternary nitrogens is 1. The predicted octanol–water partition coefficient (Wildman–Crippen LogP) is 1.11. The van der Waals surface area contributed by atoms with Gasteiger partial charge in [0.15, 0.2) is 0 Å². The van der Waals surface area contributed by atoms with Crippen LogP contribution in [0.5, 0.6) is 0 Å². The predicted molar refractivity (Wildman–Crippen MR) is 70.4 cm³/mol. The van der Waals surface area contributed by atoms with Crippen molar-refractivity contribution in [3.05, 3.63) is 24.3 Å². The van der Waals surface area contributed by atoms with Crippen LogP contribution < -0.4 is 10.2 Å². The lowest BCUT2D eigenvalue weighted by Gasteiger charge is -2.29. The number of nitrogens with zero attached hydrogens (tertiary/aromatic N) is 1. The molecule has 0 amide bonds. The summed E-state index contributed by atoms with van der Waals surface area (Å²) in [5.74, 6) is -0.205. The summed E-state index contributed by atoms with van der Waals surface area (Å²) in [5.41, 5.74) is 7.36. The molecule has 1 aromatic rings. The van der Waals surface area contributed by atoms with Gasteiger partial charge in [-0.3, -0.25) is 9.04 Å². The molecule has 0 radical (unpaired) electrons. The van der Waals surface area contributed by atoms with Crippen molar-refractivity contribution < 1.29 is 13.0 Å². The van der Waals surface area contributed by atoms with E-state index in [1.807, 2.05) is 38.4 Å². The lowest BCUT2D eigenvalue weighted by Crippen LogP contribution is -2.41. The Balaban J connectivity index is 2.65. The Kier molecular flexibility index (Phi) is 4.13. The van der Waals surface area contributed by atoms with E-state index >= 15 is 0 Å². The number of nitrogens with two attached hydrogens (primary N) is 1. The van der Waals surface area contributed by atoms with Crippen molar-refractivity contribution in [1.29, 1.82) is 0 Å². The second-order valence-electron chi connectivity index (χ2n) is 4.64. The van der Waals surface area contributed by atoms with Gasteiger partial charge in [-0.2, -0.15) is 8.42 Å². The summed E-state index contributed by atoms with van der Waals surface area (Å²) >= 11 is 0. The van der Waals surface area contributed by atoms with Crippen molar-refractivity contribution in [1.82, 2.24) is 4.48 Å². The Morgan fingerprint density at radius 1 is 1.24 bits per heavy atom. The highest BCUT2D eigenvalue weighted by Crippen LogP contribution is 2.20. The summed E-state index contributed by atoms with van der Waals surface area (Å²) in [6.45, 7) is 0.629. The molecular formula is C11H19N2O3S+. The Bertz CT molecular complexity index is 466. The molecule has 5 nitrogen and oxygen atoms in total. The van der Waals surface area contributed by atoms with Gasteiger partial charge in [-0.15, -0.1) is 0 Å². The van der Waals surface area contributed by atoms with Gasteiger partial charge < -0.3 is 5.73 Å². The molecule has 0 spiro atoms. The van der Waals surface area contributed by atoms with Gasteiger partial charge in [0, 0.05) is 24.2 Å². The normalized spacial score (nSPS) is 12.6. The maximum atomic E-state index is 10.6. The average molecular weight is 259 g/mol. The van der Waals surface area contributed by atoms with Crippen molar-refractivity contribution in [2.45, 2.75) is 6.42 Å². The van der Waals surface area contributed by atoms with Crippen LogP contribution in [0.15, 0.2) is 24.3 Å². The van der Waals surface area contributed by atoms with Gasteiger partial charge in [-0.05, 0) is 12.1 Å². The van der Waals surface area contributed by atoms with Crippen molar-refractivity contribution >= 4 is 21.5 Å². The smallest absolute Gasteiger partial charge is 0.265 e. The second kappa shape index (κ2) is 5.03. The molecule has 0 bridgehead atoms. The van der Waals surface area contributed by atoms with Crippen molar-refractivity contribution in [3.8, 4) is 0 Å². The molecule has 96 valence electrons. The number of rotatable bonds is 5. The van der Waals surface area contributed by atoms with Gasteiger partial charge in [0.05, 0.1) is 26.4 Å². The van der Waals surface area contributed by atoms with E-state index in [2.05, 4.69) is 0 Å². The first-order chi connectivity index (χ1) is 7.71. The molecule has 1 rings (SSSR count). The standard InChI is InChI=1S/C11H18N2O3S/c1-13(2,8-3-9-17(14,15)16)11-6-4-10(12)5-7-11/h4-7H,3,8-9,12H2,1-2H3/p+1. The maximum absolute atomic E-state index is 10.6. The highest BCUT2D eigenvalue weighted by molar-refractivity contribution is 7.85. The summed E-state index contributed by atoms with van der Waals surface area (Å²) in [5, 5.41) is 0. The van der Waals surface area contributed by atoms with E-state index in [1.54, 1.807) is 0 Å². The number of anilines is 1. The molecule has 0 aliphatic heterocycles. The zero-order chi connectivity index (χ0) is 13.1. The van der Waals surface area contributed by atoms with Gasteiger partial charge in [-0.1, -0.05) is 0 Å². The zero-order valence-electron chi connectivity index (χ0n) is 10.1. The van der Waals surface area contributed by atoms with Crippen LogP contribution in [0.1, 0.15) is 6.42 Å². The van der Waals surface area contributed by atoms with Crippen LogP contribution in [-0.4, -0.2) is 39.4 Å². The lowest BCUT2D eigenvalue weighted by molar-refractivity contribution is 0.394. The van der Waals surface area contributed by atoms with Gasteiger partial charge in [0.25, 0.3) is 10.1 Å². The molecule has 6 heteroatoms. The van der Waals surface area contributed by atoms with E-state index in [9.17, 15) is 8.42 Å². The monoisotopic (exact) mass is 259 g/mol. The molecule has 0 heterocycles. The molecule has 0 aliphatic carbocycles. The molecule has 0 aromatic heterocycles. The maximum Gasteiger partial charge on any atom is 0.265 e. The fraction of sp³-hybridized carbons (Fsp3) is 0.455. The lowest BCUT2D eigenvalue weighted by atomic mass is 10.2. The Labute approximate surface area is 102 Å². The summed E-state index contributed by atoms with van der Waals surface area (Å²) in [6, 6.07) is 7.47. The molecular weight excluding hydrogens is 240 g/mol. The molecule has 0 saturated heterocycles. The number of hydrogen-bond donors (Lipinski definition) is 2. The van der Waals surface area contributed by atoms with E-state index in [1.165, 1.54) is 0 Å². The van der Waals surface area contributed by atoms with Crippen molar-refractivity contribution in [2.24, 2.45) is 0 Å². The van der Waals surface area contributed by atoms with E-state index in [0.29, 0.717) is 23.1 Å². The van der Waals surface area contributed by atoms with Crippen LogP contribution in [0.3, 0.4) is 0 Å². The average Bonchev–Trinajstić information content (AvgIpc) is 2.15. The van der Waals surface area contributed by atoms with E-state index in [0.717, 1.165) is 5.69 Å². The molecule has 0 saturated carbocycles. The first-order valence-corrected chi connectivity index (χ1v) is 6.96. The minimum absolute atomic E-state index is 0.205. The molecule has 3 N–H and O–H groups in total. The van der Waals surface area contributed by atoms with Gasteiger partial charge >= 0.3 is 0 Å². The minimum atomic E-state index is -3.87. The summed E-state index contributed by atoms with van der Waals surface area (Å²) in [4.78, 5) is 0. The zero-order valence-corrected chi connectivity index (χ0v) is 10.9. The van der Waals surface area contributed by atoms with Crippen LogP contribution in [0, 0.1) is 0 Å². The Morgan fingerprint density at radius 3 is 2.24 bits per heavy atom. The molecule has 17 heavy (non-hydrogen) atoms. The topological polar surface area (TPSA) is 80.4 Å². The van der Waals surface area contributed by atoms with Gasteiger partial charge in [-0.25, -0.2) is 0 Å². The van der Waals surface area contributed by atoms with Crippen LogP contribution >= 0.6 is 0 Å². The first-order valence-electron chi connectivity index (χ1n) is 5.35. The second-order valence-corrected chi connectivity index (χ2v) is 6.21. The highest BCUT2D eigenvalue weighted by Gasteiger charge is 2.19. The van der Waals surface area contributed by atoms with E-state index in [-0.39, 0.29) is 5.75 Å². The van der Waals surface area contributed by atoms with Crippen LogP contribution in [-0.2, 0) is 10.1 Å². The van der Waals surface area contributed by atoms with E-state index < -0.39 is 10.1 Å². The van der Waals surface area contributed by atoms with Gasteiger partial charge in [0.2, 0.25) is 0 Å². The van der Waals surface area contributed by atoms with E-state index in [4.69, 9.17) is 10.3 Å². The van der Waals surface area contributed by atoms with Crippen LogP contribution in [0.4, 0.5) is 11.4 Å². The number of hydrogen-bond acceptors (Lipinski definition) is 3. The van der Waals surface area contributed by atoms with Crippen LogP contribution in [0.2, 0.25) is 0 Å². The molecule has 0 atom stereocenters. The third-order valence-electron chi connectivity index (χ3n) is 2.71. The van der Waals surface area contributed by atoms with Crippen LogP contribution in [0.25, 0.3) is 0 Å². The molecule has 1 aromatic carbocycles. The van der Waals surface area contributed by atoms with Crippen molar-refractivity contribution in [2.75, 3.05) is 32.1 Å².